The number of carbonyl (C=O) groups excluding carboxylic acids is 11. The Labute approximate surface area is 785 Å². The summed E-state index contributed by atoms with van der Waals surface area (Å²) in [5.41, 5.74) is 0.889. The van der Waals surface area contributed by atoms with Gasteiger partial charge in [0, 0.05) is 14.0 Å². The molecular weight excluding hydrogens is 1770 g/mol. The minimum absolute atomic E-state index is 0.00522. The maximum absolute atomic E-state index is 15.9. The minimum Gasteiger partial charge on any atom is -0.459 e. The minimum atomic E-state index is -2.16. The van der Waals surface area contributed by atoms with Gasteiger partial charge in [0.2, 0.25) is 5.91 Å². The van der Waals surface area contributed by atoms with Gasteiger partial charge in [0.05, 0.1) is 82.1 Å². The highest BCUT2D eigenvalue weighted by molar-refractivity contribution is 6.21. The molecule has 2 N–H and O–H groups in total. The van der Waals surface area contributed by atoms with E-state index >= 15 is 19.2 Å². The van der Waals surface area contributed by atoms with Crippen LogP contribution < -0.4 is 5.32 Å². The van der Waals surface area contributed by atoms with Crippen LogP contribution in [-0.4, -0.2) is 232 Å². The summed E-state index contributed by atoms with van der Waals surface area (Å²) >= 11 is 0. The van der Waals surface area contributed by atoms with E-state index in [1.54, 1.807) is 206 Å². The molecule has 4 fully saturated rings. The van der Waals surface area contributed by atoms with E-state index < -0.39 is 215 Å². The third-order valence-corrected chi connectivity index (χ3v) is 23.2. The lowest BCUT2D eigenvalue weighted by Gasteiger charge is -2.51. The van der Waals surface area contributed by atoms with Crippen molar-refractivity contribution >= 4 is 65.5 Å². The summed E-state index contributed by atoms with van der Waals surface area (Å²) in [6.07, 6.45) is -34.8. The van der Waals surface area contributed by atoms with Gasteiger partial charge in [0.25, 0.3) is 11.8 Å². The molecule has 0 bridgehead atoms. The number of hydrogen-bond acceptors (Lipinski definition) is 30. The lowest BCUT2D eigenvalue weighted by Crippen LogP contribution is -2.70. The largest absolute Gasteiger partial charge is 0.459 e. The molecule has 0 saturated carbocycles. The molecule has 32 heteroatoms. The molecule has 0 aliphatic carbocycles. The summed E-state index contributed by atoms with van der Waals surface area (Å²) in [7, 11) is 1.20. The van der Waals surface area contributed by atoms with Crippen LogP contribution in [0.2, 0.25) is 0 Å². The Bertz CT molecular complexity index is 5920. The molecule has 5 aliphatic heterocycles. The van der Waals surface area contributed by atoms with Gasteiger partial charge in [-0.05, 0) is 120 Å². The number of hydrogen-bond donors (Lipinski definition) is 2. The molecule has 11 aromatic carbocycles. The van der Waals surface area contributed by atoms with Gasteiger partial charge >= 0.3 is 47.8 Å². The van der Waals surface area contributed by atoms with Crippen LogP contribution >= 0.6 is 0 Å². The second-order valence-electron chi connectivity index (χ2n) is 32.3. The fraction of sp³-hybridized carbons (Fsp3) is 0.267. The Balaban J connectivity index is 0.817. The van der Waals surface area contributed by atoms with Crippen LogP contribution in [0.1, 0.15) is 122 Å². The Morgan fingerprint density at radius 3 is 0.964 bits per heavy atom. The summed E-state index contributed by atoms with van der Waals surface area (Å²) < 4.78 is 120. The molecule has 11 aromatic rings. The summed E-state index contributed by atoms with van der Waals surface area (Å²) in [6.45, 7) is -2.47. The molecule has 5 heterocycles. The molecule has 0 aromatic heterocycles. The molecule has 5 aliphatic rings. The monoisotopic (exact) mass is 1860 g/mol. The van der Waals surface area contributed by atoms with E-state index in [4.69, 9.17) is 85.3 Å². The Hall–Kier alpha value is -14.7. The summed E-state index contributed by atoms with van der Waals surface area (Å²) in [5.74, 6) is -10.7. The summed E-state index contributed by atoms with van der Waals surface area (Å²) in [5, 5.41) is 16.3. The Kier molecular flexibility index (Phi) is 31.8. The van der Waals surface area contributed by atoms with Gasteiger partial charge in [0.1, 0.15) is 74.1 Å². The van der Waals surface area contributed by atoms with Crippen molar-refractivity contribution in [2.24, 2.45) is 0 Å². The first-order valence-electron chi connectivity index (χ1n) is 44.1. The van der Waals surface area contributed by atoms with E-state index in [-0.39, 0.29) is 68.8 Å². The fourth-order valence-corrected chi connectivity index (χ4v) is 16.5. The predicted octanol–water partition coefficient (Wildman–Crippen LogP) is 11.7. The van der Waals surface area contributed by atoms with Gasteiger partial charge < -0.3 is 95.7 Å². The molecule has 3 amide bonds. The van der Waals surface area contributed by atoms with E-state index in [9.17, 15) is 38.7 Å². The van der Waals surface area contributed by atoms with E-state index in [1.807, 2.05) is 0 Å². The highest BCUT2D eigenvalue weighted by Gasteiger charge is 2.62. The topological polar surface area (TPSA) is 389 Å². The zero-order valence-electron chi connectivity index (χ0n) is 73.7. The van der Waals surface area contributed by atoms with Gasteiger partial charge in [-0.25, -0.2) is 38.4 Å². The number of aliphatic hydroxyl groups excluding tert-OH is 1. The number of carbonyl (C=O) groups is 11. The van der Waals surface area contributed by atoms with Crippen LogP contribution in [0.3, 0.4) is 0 Å². The first-order chi connectivity index (χ1) is 66.8. The number of nitrogens with one attached hydrogen (secondary N) is 1. The van der Waals surface area contributed by atoms with Gasteiger partial charge in [0.15, 0.2) is 61.8 Å². The van der Waals surface area contributed by atoms with Crippen molar-refractivity contribution in [1.29, 1.82) is 0 Å². The van der Waals surface area contributed by atoms with Crippen molar-refractivity contribution in [3.05, 3.63) is 394 Å². The fourth-order valence-electron chi connectivity index (χ4n) is 16.5. The van der Waals surface area contributed by atoms with Crippen molar-refractivity contribution in [2.45, 2.75) is 143 Å². The normalized spacial score (nSPS) is 25.0. The average molecular weight is 1860 g/mol. The van der Waals surface area contributed by atoms with Gasteiger partial charge in [-0.3, -0.25) is 19.3 Å². The lowest BCUT2D eigenvalue weighted by molar-refractivity contribution is -0.361. The molecule has 137 heavy (non-hydrogen) atoms. The number of fused-ring (bicyclic) bond motifs is 1. The molecule has 0 unspecified atom stereocenters. The number of methoxy groups -OCH3 is 1. The number of imide groups is 1. The van der Waals surface area contributed by atoms with Gasteiger partial charge in [-0.15, -0.1) is 0 Å². The quantitative estimate of drug-likeness (QED) is 0.0212. The number of amides is 3. The van der Waals surface area contributed by atoms with E-state index in [0.29, 0.717) is 11.1 Å². The highest BCUT2D eigenvalue weighted by Crippen LogP contribution is 2.42. The third-order valence-electron chi connectivity index (χ3n) is 23.2. The summed E-state index contributed by atoms with van der Waals surface area (Å²) in [6, 6.07) is 81.3. The van der Waals surface area contributed by atoms with Crippen LogP contribution in [0.25, 0.3) is 0 Å². The molecule has 16 rings (SSSR count). The standard InChI is InChI=1S/C105H94N2O30/c1-63(108)106-80-86(137-105-91(135-101(119)73-53-31-12-32-54-73)89(133-99(117)71-49-27-10-28-50-71)85(131-97(115)69-45-23-8-24-46-69)79(129-105)62-124-95(113)67-41-19-6-20-42-67)82(109)76(126-102(80)120-2)60-125-103-81(107-92(110)74-55-33-34-56-75(74)93(107)111)87(122-58-65-37-15-4-16-38-65)83(77(127-103)59-121-57-64-35-13-3-14-36-64)136-104-90(134-100(118)72-51-29-11-30-52-72)88(132-98(116)70-47-25-9-26-48-70)84(130-96(114)68-43-21-7-22-44-68)78(128-104)61-123-94(112)66-39-17-5-18-40-66/h3-56,76-91,102-105,109H,57-62H2,1-2H3,(H,106,108)/t76-,77-,78-,79-,80-,81-,82+,83-,84+,85+,86-,87-,88+,89+,90-,91-,102+,103-,104+,105+/m1/s1. The van der Waals surface area contributed by atoms with E-state index in [0.717, 1.165) is 11.8 Å². The molecule has 0 spiro atoms. The van der Waals surface area contributed by atoms with Crippen LogP contribution in [0.4, 0.5) is 0 Å². The molecule has 20 atom stereocenters. The zero-order chi connectivity index (χ0) is 95.3. The molecule has 32 nitrogen and oxygen atoms in total. The number of nitrogens with zero attached hydrogens (tertiary/aromatic N) is 1. The third kappa shape index (κ3) is 23.3. The lowest BCUT2D eigenvalue weighted by atomic mass is 9.93. The number of aliphatic hydroxyl groups is 1. The van der Waals surface area contributed by atoms with Crippen molar-refractivity contribution < 1.29 is 143 Å². The first kappa shape index (κ1) is 95.5. The highest BCUT2D eigenvalue weighted by atomic mass is 16.8. The number of benzene rings is 11. The maximum atomic E-state index is 15.9. The Morgan fingerprint density at radius 2 is 0.606 bits per heavy atom. The second kappa shape index (κ2) is 45.6. The van der Waals surface area contributed by atoms with E-state index in [2.05, 4.69) is 5.32 Å². The smallest absolute Gasteiger partial charge is 0.338 e. The maximum Gasteiger partial charge on any atom is 0.338 e. The molecule has 704 valence electrons. The van der Waals surface area contributed by atoms with Crippen LogP contribution in [0.15, 0.2) is 328 Å². The van der Waals surface area contributed by atoms with E-state index in [1.165, 1.54) is 128 Å². The number of ether oxygens (including phenoxy) is 18. The molecule has 0 radical (unpaired) electrons. The molecule has 4 saturated heterocycles. The van der Waals surface area contributed by atoms with Crippen molar-refractivity contribution in [2.75, 3.05) is 33.5 Å². The zero-order valence-corrected chi connectivity index (χ0v) is 73.7. The van der Waals surface area contributed by atoms with Crippen molar-refractivity contribution in [3.63, 3.8) is 0 Å². The van der Waals surface area contributed by atoms with Crippen LogP contribution in [0, 0.1) is 0 Å². The number of esters is 8. The first-order valence-corrected chi connectivity index (χ1v) is 44.1. The second-order valence-corrected chi connectivity index (χ2v) is 32.3. The summed E-state index contributed by atoms with van der Waals surface area (Å²) in [4.78, 5) is 165. The van der Waals surface area contributed by atoms with Crippen molar-refractivity contribution in [3.8, 4) is 0 Å². The average Bonchev–Trinajstić information content (AvgIpc) is 1.50. The van der Waals surface area contributed by atoms with Crippen LogP contribution in [0.5, 0.6) is 0 Å². The predicted molar refractivity (Wildman–Crippen MR) is 480 cm³/mol. The van der Waals surface area contributed by atoms with Crippen molar-refractivity contribution in [1.82, 2.24) is 10.2 Å². The van der Waals surface area contributed by atoms with Crippen LogP contribution in [-0.2, 0) is 103 Å². The SMILES string of the molecule is CO[C@H]1O[C@H](CO[C@@H]2O[C@H](COCc3ccccc3)[C@@H](O[C@@H]3O[C@H](COC(=O)c4ccccc4)[C@H](OC(=O)c4ccccc4)[C@H](OC(=O)c4ccccc4)[C@H]3OC(=O)c3ccccc3)[C@H](OCc3ccccc3)[C@H]2N2C(=O)c3ccccc3C2=O)[C@H](O)[C@H](O[C@@H]2O[C@H](COC(=O)c3ccccc3)[C@H](OC(=O)c3ccccc3)[C@H](OC(=O)c3ccccc3)[C@H]2OC(=O)c2ccccc2)[C@H]1NC(C)=O. The molecular formula is C105H94N2O30. The van der Waals surface area contributed by atoms with Gasteiger partial charge in [-0.2, -0.15) is 0 Å². The number of rotatable bonds is 35. The Morgan fingerprint density at radius 1 is 0.307 bits per heavy atom. The van der Waals surface area contributed by atoms with Gasteiger partial charge in [-0.1, -0.05) is 218 Å².